The van der Waals surface area contributed by atoms with E-state index in [1.165, 1.54) is 12.7 Å². The third-order valence-corrected chi connectivity index (χ3v) is 6.97. The van der Waals surface area contributed by atoms with Gasteiger partial charge in [-0.2, -0.15) is 0 Å². The van der Waals surface area contributed by atoms with Crippen LogP contribution in [0.2, 0.25) is 0 Å². The number of carbonyl (C=O) groups excluding carboxylic acids is 3. The summed E-state index contributed by atoms with van der Waals surface area (Å²) in [7, 11) is 1.35. The van der Waals surface area contributed by atoms with Crippen molar-refractivity contribution in [3.63, 3.8) is 0 Å². The number of likely N-dealkylation sites (tertiary alicyclic amines) is 1. The van der Waals surface area contributed by atoms with Crippen LogP contribution in [0.1, 0.15) is 57.4 Å². The van der Waals surface area contributed by atoms with Crippen molar-refractivity contribution in [2.45, 2.75) is 31.6 Å². The molecule has 5 rings (SSSR count). The zero-order valence-corrected chi connectivity index (χ0v) is 21.2. The van der Waals surface area contributed by atoms with Crippen LogP contribution in [0.15, 0.2) is 77.2 Å². The maximum absolute atomic E-state index is 12.9. The van der Waals surface area contributed by atoms with Crippen LogP contribution in [0.25, 0.3) is 11.1 Å². The summed E-state index contributed by atoms with van der Waals surface area (Å²) in [5.41, 5.74) is 4.47. The molecule has 3 aromatic carbocycles. The molecule has 0 atom stereocenters. The molecule has 8 heteroatoms. The minimum Gasteiger partial charge on any atom is -0.465 e. The van der Waals surface area contributed by atoms with Crippen LogP contribution >= 0.6 is 0 Å². The molecular weight excluding hydrogens is 482 g/mol. The van der Waals surface area contributed by atoms with Gasteiger partial charge in [0.25, 0.3) is 5.89 Å². The molecule has 1 aromatic heterocycles. The number of benzene rings is 3. The number of esters is 1. The van der Waals surface area contributed by atoms with E-state index in [1.807, 2.05) is 60.7 Å². The molecule has 38 heavy (non-hydrogen) atoms. The predicted octanol–water partition coefficient (Wildman–Crippen LogP) is 5.21. The monoisotopic (exact) mass is 511 g/mol. The van der Waals surface area contributed by atoms with E-state index < -0.39 is 5.97 Å². The summed E-state index contributed by atoms with van der Waals surface area (Å²) in [5, 5.41) is 2.93. The summed E-state index contributed by atoms with van der Waals surface area (Å²) in [6.45, 7) is 1.27. The summed E-state index contributed by atoms with van der Waals surface area (Å²) in [5.74, 6) is -0.228. The Balaban J connectivity index is 1.12. The van der Waals surface area contributed by atoms with E-state index in [0.717, 1.165) is 24.1 Å². The van der Waals surface area contributed by atoms with Crippen molar-refractivity contribution in [3.8, 4) is 0 Å². The highest BCUT2D eigenvalue weighted by Crippen LogP contribution is 2.30. The maximum Gasteiger partial charge on any atom is 0.338 e. The van der Waals surface area contributed by atoms with Crippen molar-refractivity contribution >= 4 is 34.6 Å². The molecule has 2 heterocycles. The Morgan fingerprint density at radius 1 is 0.974 bits per heavy atom. The van der Waals surface area contributed by atoms with Crippen LogP contribution in [0.4, 0.5) is 5.69 Å². The summed E-state index contributed by atoms with van der Waals surface area (Å²) in [6.07, 6.45) is 2.38. The molecule has 1 N–H and O–H groups in total. The molecule has 0 radical (unpaired) electrons. The molecule has 0 saturated carbocycles. The van der Waals surface area contributed by atoms with Crippen molar-refractivity contribution in [1.82, 2.24) is 9.88 Å². The molecule has 2 amide bonds. The van der Waals surface area contributed by atoms with Gasteiger partial charge >= 0.3 is 11.9 Å². The number of anilines is 1. The van der Waals surface area contributed by atoms with E-state index in [2.05, 4.69) is 10.3 Å². The molecule has 1 saturated heterocycles. The van der Waals surface area contributed by atoms with Crippen LogP contribution in [0.3, 0.4) is 0 Å². The minimum absolute atomic E-state index is 0.122. The van der Waals surface area contributed by atoms with Gasteiger partial charge in [-0.1, -0.05) is 42.5 Å². The quantitative estimate of drug-likeness (QED) is 0.342. The van der Waals surface area contributed by atoms with Gasteiger partial charge in [0.1, 0.15) is 5.52 Å². The van der Waals surface area contributed by atoms with Gasteiger partial charge in [-0.15, -0.1) is 0 Å². The number of nitrogens with zero attached hydrogens (tertiary/aromatic N) is 2. The molecule has 0 unspecified atom stereocenters. The van der Waals surface area contributed by atoms with Gasteiger partial charge in [-0.3, -0.25) is 9.59 Å². The fourth-order valence-corrected chi connectivity index (χ4v) is 4.87. The number of piperidine rings is 1. The Hall–Kier alpha value is -4.46. The molecule has 1 aliphatic rings. The number of hydrogen-bond donors (Lipinski definition) is 1. The Bertz CT molecular complexity index is 1420. The number of fused-ring (bicyclic) bond motifs is 1. The molecule has 0 spiro atoms. The van der Waals surface area contributed by atoms with Crippen molar-refractivity contribution in [2.24, 2.45) is 0 Å². The van der Waals surface area contributed by atoms with Gasteiger partial charge in [0.2, 0.25) is 5.91 Å². The van der Waals surface area contributed by atoms with Crippen LogP contribution in [-0.2, 0) is 16.0 Å². The van der Waals surface area contributed by atoms with Crippen molar-refractivity contribution in [1.29, 1.82) is 0 Å². The van der Waals surface area contributed by atoms with Crippen molar-refractivity contribution < 1.29 is 23.5 Å². The van der Waals surface area contributed by atoms with Crippen molar-refractivity contribution in [3.05, 3.63) is 95.4 Å². The Morgan fingerprint density at radius 2 is 1.68 bits per heavy atom. The summed E-state index contributed by atoms with van der Waals surface area (Å²) in [4.78, 5) is 43.5. The lowest BCUT2D eigenvalue weighted by molar-refractivity contribution is -0.116. The van der Waals surface area contributed by atoms with Crippen LogP contribution < -0.4 is 5.32 Å². The average Bonchev–Trinajstić information content (AvgIpc) is 3.40. The number of carbonyl (C=O) groups is 3. The Kier molecular flexibility index (Phi) is 7.49. The Morgan fingerprint density at radius 3 is 2.42 bits per heavy atom. The number of rotatable bonds is 7. The summed E-state index contributed by atoms with van der Waals surface area (Å²) < 4.78 is 10.5. The van der Waals surface area contributed by atoms with Gasteiger partial charge < -0.3 is 19.4 Å². The number of methoxy groups -OCH3 is 1. The number of amides is 2. The van der Waals surface area contributed by atoms with Gasteiger partial charge in [0.15, 0.2) is 5.58 Å². The molecule has 4 aromatic rings. The van der Waals surface area contributed by atoms with Gasteiger partial charge in [-0.05, 0) is 66.6 Å². The predicted molar refractivity (Wildman–Crippen MR) is 143 cm³/mol. The summed E-state index contributed by atoms with van der Waals surface area (Å²) >= 11 is 0. The fourth-order valence-electron chi connectivity index (χ4n) is 4.87. The van der Waals surface area contributed by atoms with Crippen LogP contribution in [-0.4, -0.2) is 47.9 Å². The second kappa shape index (κ2) is 11.3. The largest absolute Gasteiger partial charge is 0.465 e. The topological polar surface area (TPSA) is 102 Å². The first-order chi connectivity index (χ1) is 18.5. The lowest BCUT2D eigenvalue weighted by Gasteiger charge is -2.31. The highest BCUT2D eigenvalue weighted by Gasteiger charge is 2.27. The molecule has 1 fully saturated rings. The lowest BCUT2D eigenvalue weighted by atomic mass is 9.89. The molecule has 0 aliphatic carbocycles. The average molecular weight is 512 g/mol. The minimum atomic E-state index is -0.405. The zero-order chi connectivity index (χ0) is 26.5. The third-order valence-electron chi connectivity index (χ3n) is 6.97. The van der Waals surface area contributed by atoms with E-state index in [1.54, 1.807) is 17.0 Å². The fraction of sp³-hybridized carbons (Fsp3) is 0.267. The number of para-hydroxylation sites is 2. The number of aromatic nitrogens is 1. The number of nitrogens with one attached hydrogen (secondary N) is 1. The molecule has 1 aliphatic heterocycles. The highest BCUT2D eigenvalue weighted by atomic mass is 16.5. The lowest BCUT2D eigenvalue weighted by Crippen LogP contribution is -2.38. The first-order valence-corrected chi connectivity index (χ1v) is 12.7. The number of hydrogen-bond acceptors (Lipinski definition) is 6. The SMILES string of the molecule is COC(=O)c1ccccc1CCC(=O)Nc1ccc(C2CCN(C(=O)c3nc4ccccc4o3)CC2)cc1. The van der Waals surface area contributed by atoms with E-state index in [4.69, 9.17) is 9.15 Å². The van der Waals surface area contributed by atoms with Crippen LogP contribution in [0.5, 0.6) is 0 Å². The van der Waals surface area contributed by atoms with E-state index in [9.17, 15) is 14.4 Å². The first kappa shape index (κ1) is 25.2. The van der Waals surface area contributed by atoms with Gasteiger partial charge in [-0.25, -0.2) is 9.78 Å². The Labute approximate surface area is 220 Å². The maximum atomic E-state index is 12.9. The number of oxazole rings is 1. The number of aryl methyl sites for hydroxylation is 1. The second-order valence-electron chi connectivity index (χ2n) is 9.37. The van der Waals surface area contributed by atoms with E-state index >= 15 is 0 Å². The third kappa shape index (κ3) is 5.59. The highest BCUT2D eigenvalue weighted by molar-refractivity contribution is 5.93. The molecular formula is C30H29N3O5. The van der Waals surface area contributed by atoms with E-state index in [0.29, 0.717) is 42.1 Å². The number of ether oxygens (including phenoxy) is 1. The van der Waals surface area contributed by atoms with Crippen molar-refractivity contribution in [2.75, 3.05) is 25.5 Å². The normalized spacial score (nSPS) is 13.9. The van der Waals surface area contributed by atoms with Crippen LogP contribution in [0, 0.1) is 0 Å². The van der Waals surface area contributed by atoms with E-state index in [-0.39, 0.29) is 24.1 Å². The molecule has 0 bridgehead atoms. The molecule has 8 nitrogen and oxygen atoms in total. The second-order valence-corrected chi connectivity index (χ2v) is 9.37. The van der Waals surface area contributed by atoms with Gasteiger partial charge in [0, 0.05) is 25.2 Å². The standard InChI is InChI=1S/C30H29N3O5/c1-37-30(36)24-7-3-2-6-22(24)12-15-27(34)31-23-13-10-20(11-14-23)21-16-18-33(19-17-21)29(35)28-32-25-8-4-5-9-26(25)38-28/h2-11,13-14,21H,12,15-19H2,1H3,(H,31,34). The van der Waals surface area contributed by atoms with Gasteiger partial charge in [0.05, 0.1) is 12.7 Å². The molecule has 194 valence electrons. The zero-order valence-electron chi connectivity index (χ0n) is 21.2. The summed E-state index contributed by atoms with van der Waals surface area (Å²) in [6, 6.07) is 22.4. The smallest absolute Gasteiger partial charge is 0.338 e. The first-order valence-electron chi connectivity index (χ1n) is 12.7.